The average molecular weight is 271 g/mol. The van der Waals surface area contributed by atoms with Gasteiger partial charge in [-0.25, -0.2) is 4.79 Å². The summed E-state index contributed by atoms with van der Waals surface area (Å²) in [6, 6.07) is 12.2. The van der Waals surface area contributed by atoms with Crippen molar-refractivity contribution in [3.05, 3.63) is 59.4 Å². The molecule has 0 amide bonds. The van der Waals surface area contributed by atoms with Crippen LogP contribution >= 0.6 is 0 Å². The van der Waals surface area contributed by atoms with Crippen molar-refractivity contribution >= 4 is 5.97 Å². The molecule has 0 N–H and O–H groups in total. The van der Waals surface area contributed by atoms with Crippen molar-refractivity contribution in [2.75, 3.05) is 6.61 Å². The smallest absolute Gasteiger partial charge is 0.354 e. The molecule has 0 bridgehead atoms. The molecular weight excluding hydrogens is 250 g/mol. The highest BCUT2D eigenvalue weighted by atomic mass is 16.5. The number of carbonyl (C=O) groups excluding carboxylic acids is 1. The Kier molecular flexibility index (Phi) is 4.61. The Labute approximate surface area is 120 Å². The molecule has 0 aliphatic carbocycles. The molecule has 20 heavy (non-hydrogen) atoms. The number of esters is 1. The Balaban J connectivity index is 2.14. The van der Waals surface area contributed by atoms with Gasteiger partial charge >= 0.3 is 5.97 Å². The van der Waals surface area contributed by atoms with Crippen LogP contribution in [0.25, 0.3) is 0 Å². The van der Waals surface area contributed by atoms with Crippen LogP contribution in [-0.4, -0.2) is 17.1 Å². The zero-order valence-electron chi connectivity index (χ0n) is 12.3. The monoisotopic (exact) mass is 271 g/mol. The van der Waals surface area contributed by atoms with Crippen LogP contribution in [0.5, 0.6) is 0 Å². The van der Waals surface area contributed by atoms with Gasteiger partial charge in [-0.1, -0.05) is 38.1 Å². The third-order valence-corrected chi connectivity index (χ3v) is 3.31. The quantitative estimate of drug-likeness (QED) is 0.774. The van der Waals surface area contributed by atoms with Gasteiger partial charge in [0.2, 0.25) is 0 Å². The molecule has 0 unspecified atom stereocenters. The lowest BCUT2D eigenvalue weighted by Gasteiger charge is -2.10. The summed E-state index contributed by atoms with van der Waals surface area (Å²) in [5.41, 5.74) is 3.10. The minimum atomic E-state index is -0.267. The summed E-state index contributed by atoms with van der Waals surface area (Å²) >= 11 is 0. The van der Waals surface area contributed by atoms with Gasteiger partial charge in [0.05, 0.1) is 6.61 Å². The third-order valence-electron chi connectivity index (χ3n) is 3.31. The maximum absolute atomic E-state index is 11.8. The first-order valence-corrected chi connectivity index (χ1v) is 7.03. The molecule has 106 valence electrons. The summed E-state index contributed by atoms with van der Waals surface area (Å²) in [5.74, 6) is 0.266. The number of rotatable bonds is 5. The first kappa shape index (κ1) is 14.4. The summed E-state index contributed by atoms with van der Waals surface area (Å²) in [7, 11) is 0. The summed E-state index contributed by atoms with van der Waals surface area (Å²) in [4.78, 5) is 11.8. The SMILES string of the molecule is CCOC(=O)c1cccn1Cc1ccc(C(C)C)cc1. The molecule has 0 saturated heterocycles. The van der Waals surface area contributed by atoms with Gasteiger partial charge in [-0.2, -0.15) is 0 Å². The van der Waals surface area contributed by atoms with Crippen LogP contribution in [0.15, 0.2) is 42.6 Å². The van der Waals surface area contributed by atoms with E-state index < -0.39 is 0 Å². The van der Waals surface area contributed by atoms with Gasteiger partial charge in [0.25, 0.3) is 0 Å². The average Bonchev–Trinajstić information content (AvgIpc) is 2.88. The number of hydrogen-bond donors (Lipinski definition) is 0. The fraction of sp³-hybridized carbons (Fsp3) is 0.353. The molecule has 0 radical (unpaired) electrons. The molecule has 1 heterocycles. The Morgan fingerprint density at radius 2 is 1.90 bits per heavy atom. The van der Waals surface area contributed by atoms with Gasteiger partial charge in [0.15, 0.2) is 0 Å². The van der Waals surface area contributed by atoms with Crippen LogP contribution in [0.2, 0.25) is 0 Å². The van der Waals surface area contributed by atoms with Crippen molar-refractivity contribution in [1.29, 1.82) is 0 Å². The highest BCUT2D eigenvalue weighted by Crippen LogP contribution is 2.16. The Hall–Kier alpha value is -2.03. The fourth-order valence-electron chi connectivity index (χ4n) is 2.15. The van der Waals surface area contributed by atoms with E-state index in [0.29, 0.717) is 24.8 Å². The first-order valence-electron chi connectivity index (χ1n) is 7.03. The molecule has 0 saturated carbocycles. The summed E-state index contributed by atoms with van der Waals surface area (Å²) < 4.78 is 6.97. The molecule has 0 atom stereocenters. The summed E-state index contributed by atoms with van der Waals surface area (Å²) in [6.45, 7) is 7.25. The molecule has 1 aromatic heterocycles. The Morgan fingerprint density at radius 3 is 2.50 bits per heavy atom. The largest absolute Gasteiger partial charge is 0.461 e. The van der Waals surface area contributed by atoms with Crippen LogP contribution < -0.4 is 0 Å². The lowest BCUT2D eigenvalue weighted by molar-refractivity contribution is 0.0514. The maximum Gasteiger partial charge on any atom is 0.354 e. The van der Waals surface area contributed by atoms with Crippen molar-refractivity contribution in [2.24, 2.45) is 0 Å². The molecule has 0 aliphatic rings. The van der Waals surface area contributed by atoms with E-state index in [4.69, 9.17) is 4.74 Å². The minimum Gasteiger partial charge on any atom is -0.461 e. The second-order valence-electron chi connectivity index (χ2n) is 5.14. The number of benzene rings is 1. The molecule has 1 aromatic carbocycles. The van der Waals surface area contributed by atoms with Crippen LogP contribution in [-0.2, 0) is 11.3 Å². The van der Waals surface area contributed by atoms with Gasteiger partial charge in [0, 0.05) is 12.7 Å². The van der Waals surface area contributed by atoms with E-state index in [2.05, 4.69) is 38.1 Å². The summed E-state index contributed by atoms with van der Waals surface area (Å²) in [5, 5.41) is 0. The predicted octanol–water partition coefficient (Wildman–Crippen LogP) is 3.84. The van der Waals surface area contributed by atoms with Crippen molar-refractivity contribution in [2.45, 2.75) is 33.2 Å². The third kappa shape index (κ3) is 3.29. The van der Waals surface area contributed by atoms with Crippen molar-refractivity contribution in [1.82, 2.24) is 4.57 Å². The van der Waals surface area contributed by atoms with Crippen LogP contribution in [0, 0.1) is 0 Å². The molecule has 0 fully saturated rings. The molecule has 0 spiro atoms. The molecule has 0 aliphatic heterocycles. The number of hydrogen-bond acceptors (Lipinski definition) is 2. The zero-order chi connectivity index (χ0) is 14.5. The molecule has 3 heteroatoms. The van der Waals surface area contributed by atoms with Gasteiger partial charge in [0.1, 0.15) is 5.69 Å². The summed E-state index contributed by atoms with van der Waals surface area (Å²) in [6.07, 6.45) is 1.91. The fourth-order valence-corrected chi connectivity index (χ4v) is 2.15. The molecule has 2 rings (SSSR count). The number of ether oxygens (including phenoxy) is 1. The van der Waals surface area contributed by atoms with Crippen molar-refractivity contribution in [3.8, 4) is 0 Å². The lowest BCUT2D eigenvalue weighted by Crippen LogP contribution is -2.12. The first-order chi connectivity index (χ1) is 9.61. The van der Waals surface area contributed by atoms with E-state index in [1.807, 2.05) is 23.8 Å². The predicted molar refractivity (Wildman–Crippen MR) is 80.0 cm³/mol. The molecular formula is C17H21NO2. The second kappa shape index (κ2) is 6.42. The lowest BCUT2D eigenvalue weighted by atomic mass is 10.0. The van der Waals surface area contributed by atoms with E-state index in [9.17, 15) is 4.79 Å². The number of aromatic nitrogens is 1. The van der Waals surface area contributed by atoms with Crippen LogP contribution in [0.4, 0.5) is 0 Å². The minimum absolute atomic E-state index is 0.267. The van der Waals surface area contributed by atoms with Gasteiger partial charge in [-0.15, -0.1) is 0 Å². The van der Waals surface area contributed by atoms with Gasteiger partial charge < -0.3 is 9.30 Å². The van der Waals surface area contributed by atoms with E-state index >= 15 is 0 Å². The highest BCUT2D eigenvalue weighted by Gasteiger charge is 2.11. The number of nitrogens with zero attached hydrogens (tertiary/aromatic N) is 1. The zero-order valence-corrected chi connectivity index (χ0v) is 12.3. The van der Waals surface area contributed by atoms with Gasteiger partial charge in [-0.05, 0) is 36.1 Å². The topological polar surface area (TPSA) is 31.2 Å². The van der Waals surface area contributed by atoms with Crippen LogP contribution in [0.3, 0.4) is 0 Å². The molecule has 2 aromatic rings. The second-order valence-corrected chi connectivity index (χ2v) is 5.14. The maximum atomic E-state index is 11.8. The Morgan fingerprint density at radius 1 is 1.20 bits per heavy atom. The van der Waals surface area contributed by atoms with E-state index in [0.717, 1.165) is 0 Å². The van der Waals surface area contributed by atoms with Crippen molar-refractivity contribution < 1.29 is 9.53 Å². The Bertz CT molecular complexity index is 567. The van der Waals surface area contributed by atoms with Gasteiger partial charge in [-0.3, -0.25) is 0 Å². The molecule has 3 nitrogen and oxygen atoms in total. The highest BCUT2D eigenvalue weighted by molar-refractivity contribution is 5.87. The van der Waals surface area contributed by atoms with Crippen molar-refractivity contribution in [3.63, 3.8) is 0 Å². The van der Waals surface area contributed by atoms with E-state index in [-0.39, 0.29) is 5.97 Å². The van der Waals surface area contributed by atoms with Crippen LogP contribution in [0.1, 0.15) is 48.3 Å². The van der Waals surface area contributed by atoms with E-state index in [1.54, 1.807) is 6.07 Å². The standard InChI is InChI=1S/C17H21NO2/c1-4-20-17(19)16-6-5-11-18(16)12-14-7-9-15(10-8-14)13(2)3/h5-11,13H,4,12H2,1-3H3. The van der Waals surface area contributed by atoms with E-state index in [1.165, 1.54) is 11.1 Å². The normalized spacial score (nSPS) is 10.8. The number of carbonyl (C=O) groups is 1.